The molecule has 176 valence electrons. The van der Waals surface area contributed by atoms with Crippen LogP contribution in [0.4, 0.5) is 0 Å². The van der Waals surface area contributed by atoms with Gasteiger partial charge in [-0.1, -0.05) is 17.3 Å². The molecule has 33 heavy (non-hydrogen) atoms. The van der Waals surface area contributed by atoms with Crippen molar-refractivity contribution in [3.05, 3.63) is 47.9 Å². The van der Waals surface area contributed by atoms with Crippen LogP contribution < -0.4 is 5.32 Å². The van der Waals surface area contributed by atoms with Crippen molar-refractivity contribution in [1.82, 2.24) is 25.2 Å². The molecule has 1 aromatic carbocycles. The Kier molecular flexibility index (Phi) is 7.36. The minimum Gasteiger partial charge on any atom is -0.464 e. The van der Waals surface area contributed by atoms with Gasteiger partial charge in [-0.25, -0.2) is 4.68 Å². The first-order valence-corrected chi connectivity index (χ1v) is 11.1. The van der Waals surface area contributed by atoms with Crippen LogP contribution in [0.3, 0.4) is 0 Å². The number of nitrogens with one attached hydrogen (secondary N) is 1. The van der Waals surface area contributed by atoms with E-state index >= 15 is 0 Å². The topological polar surface area (TPSA) is 112 Å². The summed E-state index contributed by atoms with van der Waals surface area (Å²) in [5.74, 6) is 0.446. The number of aryl methyl sites for hydroxylation is 1. The quantitative estimate of drug-likeness (QED) is 0.464. The highest BCUT2D eigenvalue weighted by atomic mass is 16.5. The monoisotopic (exact) mass is 455 g/mol. The summed E-state index contributed by atoms with van der Waals surface area (Å²) >= 11 is 0. The molecule has 10 nitrogen and oxygen atoms in total. The number of ether oxygens (including phenoxy) is 2. The minimum atomic E-state index is -0.943. The molecular weight excluding hydrogens is 426 g/mol. The summed E-state index contributed by atoms with van der Waals surface area (Å²) in [5, 5.41) is 11.1. The van der Waals surface area contributed by atoms with Crippen molar-refractivity contribution in [1.29, 1.82) is 0 Å². The van der Waals surface area contributed by atoms with Gasteiger partial charge in [-0.05, 0) is 44.0 Å². The van der Waals surface area contributed by atoms with Gasteiger partial charge < -0.3 is 24.1 Å². The average molecular weight is 456 g/mol. The summed E-state index contributed by atoms with van der Waals surface area (Å²) in [4.78, 5) is 28.4. The number of methoxy groups -OCH3 is 1. The molecule has 4 rings (SSSR count). The van der Waals surface area contributed by atoms with Gasteiger partial charge >= 0.3 is 0 Å². The molecule has 10 heteroatoms. The molecule has 0 radical (unpaired) electrons. The van der Waals surface area contributed by atoms with Crippen LogP contribution in [0.25, 0.3) is 11.0 Å². The number of carbonyl (C=O) groups is 2. The molecule has 0 bridgehead atoms. The number of furan rings is 1. The molecule has 1 N–H and O–H groups in total. The second kappa shape index (κ2) is 10.6. The first kappa shape index (κ1) is 22.9. The van der Waals surface area contributed by atoms with E-state index in [1.807, 2.05) is 24.3 Å². The molecule has 2 amide bonds. The van der Waals surface area contributed by atoms with E-state index in [-0.39, 0.29) is 31.0 Å². The van der Waals surface area contributed by atoms with Gasteiger partial charge in [0.25, 0.3) is 5.91 Å². The molecule has 2 atom stereocenters. The molecule has 3 aromatic rings. The van der Waals surface area contributed by atoms with E-state index < -0.39 is 6.04 Å². The third-order valence-electron chi connectivity index (χ3n) is 5.65. The molecule has 0 aliphatic carbocycles. The summed E-state index contributed by atoms with van der Waals surface area (Å²) in [7, 11) is 1.56. The number of fused-ring (bicyclic) bond motifs is 1. The van der Waals surface area contributed by atoms with Crippen molar-refractivity contribution < 1.29 is 23.5 Å². The number of benzene rings is 1. The highest BCUT2D eigenvalue weighted by Crippen LogP contribution is 2.26. The van der Waals surface area contributed by atoms with E-state index in [4.69, 9.17) is 13.9 Å². The van der Waals surface area contributed by atoms with E-state index in [0.717, 1.165) is 18.4 Å². The molecule has 0 spiro atoms. The Morgan fingerprint density at radius 1 is 1.30 bits per heavy atom. The third kappa shape index (κ3) is 5.40. The summed E-state index contributed by atoms with van der Waals surface area (Å²) < 4.78 is 18.2. The largest absolute Gasteiger partial charge is 0.464 e. The first-order valence-electron chi connectivity index (χ1n) is 11.1. The van der Waals surface area contributed by atoms with Crippen molar-refractivity contribution in [2.75, 3.05) is 33.4 Å². The molecular formula is C23H29N5O5. The SMILES string of the molecule is COCCNC(=O)[C@@H](c1ccc(C)o1)N(C[C@H]1CCCO1)C(=O)Cn1nnc2ccccc21. The Balaban J connectivity index is 1.64. The molecule has 2 aromatic heterocycles. The van der Waals surface area contributed by atoms with Crippen molar-refractivity contribution in [3.63, 3.8) is 0 Å². The van der Waals surface area contributed by atoms with E-state index in [0.29, 0.717) is 36.8 Å². The number of rotatable bonds is 10. The number of nitrogens with zero attached hydrogens (tertiary/aromatic N) is 4. The van der Waals surface area contributed by atoms with E-state index in [2.05, 4.69) is 15.6 Å². The number of aromatic nitrogens is 3. The Hall–Kier alpha value is -3.24. The molecule has 1 fully saturated rings. The Morgan fingerprint density at radius 2 is 2.15 bits per heavy atom. The summed E-state index contributed by atoms with van der Waals surface area (Å²) in [6.45, 7) is 3.34. The second-order valence-electron chi connectivity index (χ2n) is 8.05. The van der Waals surface area contributed by atoms with Gasteiger partial charge in [0, 0.05) is 26.8 Å². The number of amides is 2. The van der Waals surface area contributed by atoms with Crippen molar-refractivity contribution in [3.8, 4) is 0 Å². The van der Waals surface area contributed by atoms with E-state index in [9.17, 15) is 9.59 Å². The predicted molar refractivity (Wildman–Crippen MR) is 119 cm³/mol. The number of hydrogen-bond acceptors (Lipinski definition) is 7. The molecule has 0 saturated carbocycles. The Bertz CT molecular complexity index is 1090. The lowest BCUT2D eigenvalue weighted by Crippen LogP contribution is -2.48. The fourth-order valence-corrected chi connectivity index (χ4v) is 4.01. The van der Waals surface area contributed by atoms with Gasteiger partial charge in [-0.15, -0.1) is 5.10 Å². The Labute approximate surface area is 191 Å². The standard InChI is InChI=1S/C23H29N5O5/c1-16-9-10-20(33-16)22(23(30)24-11-13-31-2)27(14-17-6-5-12-32-17)21(29)15-28-19-8-4-3-7-18(19)25-26-28/h3-4,7-10,17,22H,5-6,11-15H2,1-2H3,(H,24,30)/t17-,22-/m1/s1. The van der Waals surface area contributed by atoms with E-state index in [1.165, 1.54) is 4.90 Å². The zero-order chi connectivity index (χ0) is 23.2. The van der Waals surface area contributed by atoms with Gasteiger partial charge in [-0.3, -0.25) is 9.59 Å². The Morgan fingerprint density at radius 3 is 2.88 bits per heavy atom. The molecule has 1 aliphatic rings. The maximum absolute atomic E-state index is 13.6. The van der Waals surface area contributed by atoms with Crippen LogP contribution >= 0.6 is 0 Å². The smallest absolute Gasteiger partial charge is 0.250 e. The van der Waals surface area contributed by atoms with Crippen LogP contribution in [0.1, 0.15) is 30.4 Å². The number of para-hydroxylation sites is 1. The molecule has 0 unspecified atom stereocenters. The predicted octanol–water partition coefficient (Wildman–Crippen LogP) is 1.84. The maximum Gasteiger partial charge on any atom is 0.250 e. The van der Waals surface area contributed by atoms with Crippen LogP contribution in [0.15, 0.2) is 40.8 Å². The fraction of sp³-hybridized carbons (Fsp3) is 0.478. The lowest BCUT2D eigenvalue weighted by atomic mass is 10.1. The zero-order valence-electron chi connectivity index (χ0n) is 18.9. The van der Waals surface area contributed by atoms with Crippen molar-refractivity contribution in [2.24, 2.45) is 0 Å². The van der Waals surface area contributed by atoms with Crippen molar-refractivity contribution >= 4 is 22.8 Å². The highest BCUT2D eigenvalue weighted by Gasteiger charge is 2.36. The lowest BCUT2D eigenvalue weighted by molar-refractivity contribution is -0.144. The zero-order valence-corrected chi connectivity index (χ0v) is 18.9. The van der Waals surface area contributed by atoms with Crippen LogP contribution in [0.5, 0.6) is 0 Å². The maximum atomic E-state index is 13.6. The first-order chi connectivity index (χ1) is 16.1. The molecule has 1 aliphatic heterocycles. The van der Waals surface area contributed by atoms with Crippen LogP contribution in [0, 0.1) is 6.92 Å². The van der Waals surface area contributed by atoms with Gasteiger partial charge in [0.05, 0.1) is 18.2 Å². The normalized spacial score (nSPS) is 16.7. The molecule has 1 saturated heterocycles. The minimum absolute atomic E-state index is 0.0607. The second-order valence-corrected chi connectivity index (χ2v) is 8.05. The van der Waals surface area contributed by atoms with Gasteiger partial charge in [0.1, 0.15) is 23.6 Å². The lowest BCUT2D eigenvalue weighted by Gasteiger charge is -2.31. The summed E-state index contributed by atoms with van der Waals surface area (Å²) in [6.07, 6.45) is 1.60. The van der Waals surface area contributed by atoms with Crippen LogP contribution in [-0.4, -0.2) is 71.2 Å². The summed E-state index contributed by atoms with van der Waals surface area (Å²) in [5.41, 5.74) is 1.45. The van der Waals surface area contributed by atoms with E-state index in [1.54, 1.807) is 30.8 Å². The number of hydrogen-bond donors (Lipinski definition) is 1. The highest BCUT2D eigenvalue weighted by molar-refractivity contribution is 5.88. The van der Waals surface area contributed by atoms with Gasteiger partial charge in [0.2, 0.25) is 5.91 Å². The van der Waals surface area contributed by atoms with Crippen molar-refractivity contribution in [2.45, 2.75) is 38.5 Å². The van der Waals surface area contributed by atoms with Gasteiger partial charge in [0.15, 0.2) is 6.04 Å². The third-order valence-corrected chi connectivity index (χ3v) is 5.65. The van der Waals surface area contributed by atoms with Gasteiger partial charge in [-0.2, -0.15) is 0 Å². The average Bonchev–Trinajstić information content (AvgIpc) is 3.56. The van der Waals surface area contributed by atoms with Crippen LogP contribution in [-0.2, 0) is 25.6 Å². The molecule has 3 heterocycles. The summed E-state index contributed by atoms with van der Waals surface area (Å²) in [6, 6.07) is 10.0. The fourth-order valence-electron chi connectivity index (χ4n) is 4.01. The number of carbonyl (C=O) groups excluding carboxylic acids is 2. The van der Waals surface area contributed by atoms with Crippen LogP contribution in [0.2, 0.25) is 0 Å².